The molecule has 8 heteroatoms. The van der Waals surface area contributed by atoms with Gasteiger partial charge in [-0.3, -0.25) is 0 Å². The van der Waals surface area contributed by atoms with Crippen molar-refractivity contribution < 1.29 is 9.47 Å². The van der Waals surface area contributed by atoms with Gasteiger partial charge in [-0.05, 0) is 45.0 Å². The Kier molecular flexibility index (Phi) is 13.9. The normalized spacial score (nSPS) is 15.4. The molecule has 7 nitrogen and oxygen atoms in total. The van der Waals surface area contributed by atoms with Crippen LogP contribution in [0.15, 0.2) is 23.2 Å². The van der Waals surface area contributed by atoms with Crippen molar-refractivity contribution in [2.45, 2.75) is 33.2 Å². The zero-order valence-corrected chi connectivity index (χ0v) is 21.4. The second-order valence-corrected chi connectivity index (χ2v) is 7.28. The van der Waals surface area contributed by atoms with Gasteiger partial charge in [0.25, 0.3) is 0 Å². The number of hydrogen-bond donors (Lipinski definition) is 2. The Bertz CT molecular complexity index is 622. The van der Waals surface area contributed by atoms with Gasteiger partial charge in [0, 0.05) is 50.9 Å². The quantitative estimate of drug-likeness (QED) is 0.198. The second kappa shape index (κ2) is 15.5. The van der Waals surface area contributed by atoms with Crippen molar-refractivity contribution in [3.05, 3.63) is 23.8 Å². The van der Waals surface area contributed by atoms with E-state index in [1.807, 2.05) is 18.2 Å². The second-order valence-electron chi connectivity index (χ2n) is 7.28. The fourth-order valence-corrected chi connectivity index (χ4v) is 3.48. The van der Waals surface area contributed by atoms with E-state index in [-0.39, 0.29) is 24.0 Å². The molecule has 30 heavy (non-hydrogen) atoms. The molecule has 0 amide bonds. The number of halogens is 1. The lowest BCUT2D eigenvalue weighted by Gasteiger charge is -2.34. The third kappa shape index (κ3) is 9.26. The van der Waals surface area contributed by atoms with Crippen LogP contribution in [0.1, 0.15) is 32.3 Å². The fraction of sp³-hybridized carbons (Fsp3) is 0.682. The van der Waals surface area contributed by atoms with Gasteiger partial charge in [-0.25, -0.2) is 4.99 Å². The van der Waals surface area contributed by atoms with E-state index in [1.165, 1.54) is 45.7 Å². The maximum Gasteiger partial charge on any atom is 0.191 e. The van der Waals surface area contributed by atoms with Gasteiger partial charge in [0.15, 0.2) is 5.96 Å². The number of nitrogens with zero attached hydrogens (tertiary/aromatic N) is 3. The van der Waals surface area contributed by atoms with Gasteiger partial charge >= 0.3 is 0 Å². The summed E-state index contributed by atoms with van der Waals surface area (Å²) in [6, 6.07) is 5.84. The summed E-state index contributed by atoms with van der Waals surface area (Å²) in [6.45, 7) is 13.9. The average Bonchev–Trinajstić information content (AvgIpc) is 2.77. The predicted molar refractivity (Wildman–Crippen MR) is 136 cm³/mol. The molecule has 0 aromatic heterocycles. The van der Waals surface area contributed by atoms with Crippen LogP contribution < -0.4 is 20.1 Å². The summed E-state index contributed by atoms with van der Waals surface area (Å²) in [6.07, 6.45) is 2.36. The van der Waals surface area contributed by atoms with Crippen LogP contribution in [0.4, 0.5) is 0 Å². The van der Waals surface area contributed by atoms with Crippen molar-refractivity contribution in [2.75, 3.05) is 66.6 Å². The van der Waals surface area contributed by atoms with E-state index in [1.54, 1.807) is 14.2 Å². The number of likely N-dealkylation sites (N-methyl/N-ethyl adjacent to an activating group) is 1. The van der Waals surface area contributed by atoms with E-state index in [0.717, 1.165) is 42.5 Å². The summed E-state index contributed by atoms with van der Waals surface area (Å²) in [5.74, 6) is 2.43. The van der Waals surface area contributed by atoms with E-state index in [0.29, 0.717) is 6.54 Å². The van der Waals surface area contributed by atoms with Gasteiger partial charge in [-0.15, -0.1) is 24.0 Å². The number of benzene rings is 1. The van der Waals surface area contributed by atoms with Gasteiger partial charge in [0.05, 0.1) is 20.8 Å². The standard InChI is InChI=1S/C22H39N5O2.HI/c1-5-23-22(25-18-19-9-10-20(28-3)17-21(19)29-4)24-11-7-8-12-27-15-13-26(6-2)14-16-27;/h9-10,17H,5-8,11-16,18H2,1-4H3,(H2,23,24,25);1H. The molecule has 1 aromatic rings. The van der Waals surface area contributed by atoms with Gasteiger partial charge in [0.1, 0.15) is 11.5 Å². The van der Waals surface area contributed by atoms with E-state index in [2.05, 4.69) is 34.3 Å². The number of hydrogen-bond acceptors (Lipinski definition) is 5. The van der Waals surface area contributed by atoms with E-state index in [9.17, 15) is 0 Å². The Morgan fingerprint density at radius 1 is 1.00 bits per heavy atom. The molecular weight excluding hydrogens is 493 g/mol. The first kappa shape index (κ1) is 26.8. The van der Waals surface area contributed by atoms with Crippen LogP contribution in [0.25, 0.3) is 0 Å². The zero-order valence-electron chi connectivity index (χ0n) is 19.1. The fourth-order valence-electron chi connectivity index (χ4n) is 3.48. The van der Waals surface area contributed by atoms with Gasteiger partial charge < -0.3 is 29.9 Å². The number of guanidine groups is 1. The van der Waals surface area contributed by atoms with Crippen LogP contribution in [0, 0.1) is 0 Å². The lowest BCUT2D eigenvalue weighted by molar-refractivity contribution is 0.136. The molecule has 2 rings (SSSR count). The highest BCUT2D eigenvalue weighted by molar-refractivity contribution is 14.0. The van der Waals surface area contributed by atoms with Crippen LogP contribution in [0.3, 0.4) is 0 Å². The van der Waals surface area contributed by atoms with Crippen LogP contribution in [0.5, 0.6) is 11.5 Å². The van der Waals surface area contributed by atoms with Crippen molar-refractivity contribution in [2.24, 2.45) is 4.99 Å². The molecular formula is C22H40IN5O2. The van der Waals surface area contributed by atoms with Crippen molar-refractivity contribution in [1.29, 1.82) is 0 Å². The average molecular weight is 533 g/mol. The Morgan fingerprint density at radius 2 is 1.73 bits per heavy atom. The van der Waals surface area contributed by atoms with Crippen LogP contribution >= 0.6 is 24.0 Å². The molecule has 0 atom stereocenters. The molecule has 1 fully saturated rings. The van der Waals surface area contributed by atoms with E-state index >= 15 is 0 Å². The molecule has 1 aromatic carbocycles. The number of aliphatic imine (C=N–C) groups is 1. The molecule has 0 bridgehead atoms. The molecule has 2 N–H and O–H groups in total. The summed E-state index contributed by atoms with van der Waals surface area (Å²) in [7, 11) is 3.33. The number of unbranched alkanes of at least 4 members (excludes halogenated alkanes) is 1. The zero-order chi connectivity index (χ0) is 20.9. The number of ether oxygens (including phenoxy) is 2. The Labute approximate surface area is 199 Å². The highest BCUT2D eigenvalue weighted by Crippen LogP contribution is 2.25. The lowest BCUT2D eigenvalue weighted by atomic mass is 10.2. The number of piperazine rings is 1. The van der Waals surface area contributed by atoms with Gasteiger partial charge in [-0.1, -0.05) is 6.92 Å². The molecule has 1 aliphatic heterocycles. The molecule has 0 aliphatic carbocycles. The van der Waals surface area contributed by atoms with Gasteiger partial charge in [-0.2, -0.15) is 0 Å². The molecule has 1 heterocycles. The first-order chi connectivity index (χ1) is 14.2. The van der Waals surface area contributed by atoms with E-state index < -0.39 is 0 Å². The SMILES string of the molecule is CCNC(=NCc1ccc(OC)cc1OC)NCCCCN1CCN(CC)CC1.I. The van der Waals surface area contributed by atoms with Crippen molar-refractivity contribution in [3.63, 3.8) is 0 Å². The van der Waals surface area contributed by atoms with Crippen molar-refractivity contribution >= 4 is 29.9 Å². The summed E-state index contributed by atoms with van der Waals surface area (Å²) in [5.41, 5.74) is 1.04. The Morgan fingerprint density at radius 3 is 2.37 bits per heavy atom. The molecule has 0 unspecified atom stereocenters. The third-order valence-electron chi connectivity index (χ3n) is 5.35. The summed E-state index contributed by atoms with van der Waals surface area (Å²) >= 11 is 0. The molecule has 1 aliphatic rings. The minimum atomic E-state index is 0. The van der Waals surface area contributed by atoms with E-state index in [4.69, 9.17) is 14.5 Å². The van der Waals surface area contributed by atoms with Crippen LogP contribution in [-0.4, -0.2) is 82.3 Å². The maximum atomic E-state index is 5.47. The highest BCUT2D eigenvalue weighted by atomic mass is 127. The lowest BCUT2D eigenvalue weighted by Crippen LogP contribution is -2.46. The number of rotatable bonds is 11. The number of nitrogens with one attached hydrogen (secondary N) is 2. The molecule has 172 valence electrons. The maximum absolute atomic E-state index is 5.47. The van der Waals surface area contributed by atoms with Crippen LogP contribution in [0.2, 0.25) is 0 Å². The Balaban J connectivity index is 0.00000450. The Hall–Kier alpha value is -1.26. The molecule has 0 saturated carbocycles. The highest BCUT2D eigenvalue weighted by Gasteiger charge is 2.14. The first-order valence-electron chi connectivity index (χ1n) is 10.9. The van der Waals surface area contributed by atoms with Gasteiger partial charge in [0.2, 0.25) is 0 Å². The molecule has 0 spiro atoms. The largest absolute Gasteiger partial charge is 0.497 e. The van der Waals surface area contributed by atoms with Crippen LogP contribution in [-0.2, 0) is 6.54 Å². The summed E-state index contributed by atoms with van der Waals surface area (Å²) < 4.78 is 10.7. The minimum absolute atomic E-state index is 0. The number of methoxy groups -OCH3 is 2. The molecule has 0 radical (unpaired) electrons. The molecule has 1 saturated heterocycles. The topological polar surface area (TPSA) is 61.4 Å². The summed E-state index contributed by atoms with van der Waals surface area (Å²) in [5, 5.41) is 6.77. The monoisotopic (exact) mass is 533 g/mol. The van der Waals surface area contributed by atoms with Crippen molar-refractivity contribution in [1.82, 2.24) is 20.4 Å². The third-order valence-corrected chi connectivity index (χ3v) is 5.35. The minimum Gasteiger partial charge on any atom is -0.497 e. The smallest absolute Gasteiger partial charge is 0.191 e. The van der Waals surface area contributed by atoms with Crippen molar-refractivity contribution in [3.8, 4) is 11.5 Å². The first-order valence-corrected chi connectivity index (χ1v) is 10.9. The summed E-state index contributed by atoms with van der Waals surface area (Å²) in [4.78, 5) is 9.82. The predicted octanol–water partition coefficient (Wildman–Crippen LogP) is 2.79.